The first kappa shape index (κ1) is 27.2. The van der Waals surface area contributed by atoms with Gasteiger partial charge in [0.15, 0.2) is 0 Å². The number of ketones is 1. The number of fused-ring (bicyclic) bond motifs is 1. The van der Waals surface area contributed by atoms with Crippen molar-refractivity contribution in [2.45, 2.75) is 70.8 Å². The van der Waals surface area contributed by atoms with Crippen LogP contribution in [0.2, 0.25) is 0 Å². The van der Waals surface area contributed by atoms with Gasteiger partial charge in [-0.05, 0) is 69.8 Å². The summed E-state index contributed by atoms with van der Waals surface area (Å²) in [7, 11) is 3.76. The molecule has 1 spiro atoms. The Bertz CT molecular complexity index is 1310. The van der Waals surface area contributed by atoms with Gasteiger partial charge >= 0.3 is 0 Å². The van der Waals surface area contributed by atoms with Gasteiger partial charge in [0.1, 0.15) is 11.6 Å². The lowest BCUT2D eigenvalue weighted by Crippen LogP contribution is -2.36. The molecular weight excluding hydrogens is 492 g/mol. The highest BCUT2D eigenvalue weighted by Crippen LogP contribution is 2.59. The molecule has 0 aromatic carbocycles. The number of pyridine rings is 2. The van der Waals surface area contributed by atoms with E-state index in [-0.39, 0.29) is 23.3 Å². The predicted molar refractivity (Wildman–Crippen MR) is 150 cm³/mol. The van der Waals surface area contributed by atoms with Crippen molar-refractivity contribution in [3.8, 4) is 17.1 Å². The van der Waals surface area contributed by atoms with Crippen molar-refractivity contribution >= 4 is 22.6 Å². The van der Waals surface area contributed by atoms with E-state index in [1.165, 1.54) is 0 Å². The molecule has 2 fully saturated rings. The second kappa shape index (κ2) is 11.8. The van der Waals surface area contributed by atoms with Crippen molar-refractivity contribution in [3.05, 3.63) is 36.5 Å². The van der Waals surface area contributed by atoms with Gasteiger partial charge < -0.3 is 19.9 Å². The Hall–Kier alpha value is -3.33. The van der Waals surface area contributed by atoms with E-state index in [0.29, 0.717) is 24.5 Å². The largest absolute Gasteiger partial charge is 0.480 e. The number of piperidine rings is 1. The maximum atomic E-state index is 13.4. The quantitative estimate of drug-likeness (QED) is 0.321. The van der Waals surface area contributed by atoms with Gasteiger partial charge in [0.25, 0.3) is 0 Å². The first-order valence-corrected chi connectivity index (χ1v) is 14.3. The second-order valence-electron chi connectivity index (χ2n) is 11.3. The number of hydrogen-bond donors (Lipinski definition) is 2. The summed E-state index contributed by atoms with van der Waals surface area (Å²) in [6.07, 6.45) is 13.1. The minimum Gasteiger partial charge on any atom is -0.480 e. The highest BCUT2D eigenvalue weighted by atomic mass is 16.5. The molecule has 2 aliphatic rings. The average Bonchev–Trinajstić information content (AvgIpc) is 3.44. The molecule has 1 saturated heterocycles. The Morgan fingerprint density at radius 2 is 2.05 bits per heavy atom. The van der Waals surface area contributed by atoms with E-state index >= 15 is 0 Å². The Morgan fingerprint density at radius 1 is 1.23 bits per heavy atom. The zero-order valence-electron chi connectivity index (χ0n) is 23.3. The fourth-order valence-corrected chi connectivity index (χ4v) is 5.91. The highest BCUT2D eigenvalue weighted by Gasteiger charge is 2.58. The van der Waals surface area contributed by atoms with Gasteiger partial charge in [-0.2, -0.15) is 0 Å². The summed E-state index contributed by atoms with van der Waals surface area (Å²) in [6, 6.07) is 3.72. The number of H-pyrrole nitrogens is 1. The molecule has 1 amide bonds. The number of ether oxygens (including phenoxy) is 1. The molecule has 2 atom stereocenters. The van der Waals surface area contributed by atoms with Gasteiger partial charge in [0, 0.05) is 30.3 Å². The molecule has 3 aromatic heterocycles. The number of aromatic nitrogens is 4. The normalized spacial score (nSPS) is 19.2. The molecule has 5 rings (SSSR count). The zero-order chi connectivity index (χ0) is 27.4. The smallest absolute Gasteiger partial charge is 0.224 e. The van der Waals surface area contributed by atoms with Crippen molar-refractivity contribution in [1.29, 1.82) is 0 Å². The SMILES string of the molecule is CCC(=O)CCCCC[C@H](NC(=O)[C@H]1CC12CCN(C)CC2)c1ncc(-c2cc3ccncc3nc2OC)[nH]1. The van der Waals surface area contributed by atoms with Gasteiger partial charge in [-0.3, -0.25) is 14.6 Å². The van der Waals surface area contributed by atoms with E-state index in [1.807, 2.05) is 19.1 Å². The number of unbranched alkanes of at least 4 members (excludes halogenated alkanes) is 2. The summed E-state index contributed by atoms with van der Waals surface area (Å²) in [5, 5.41) is 4.30. The molecule has 1 aliphatic heterocycles. The molecule has 0 bridgehead atoms. The Labute approximate surface area is 230 Å². The molecule has 4 heterocycles. The number of nitrogens with zero attached hydrogens (tertiary/aromatic N) is 4. The average molecular weight is 533 g/mol. The monoisotopic (exact) mass is 532 g/mol. The number of carbonyl (C=O) groups is 2. The Balaban J connectivity index is 1.32. The van der Waals surface area contributed by atoms with E-state index in [2.05, 4.69) is 32.2 Å². The van der Waals surface area contributed by atoms with Crippen molar-refractivity contribution in [2.75, 3.05) is 27.2 Å². The van der Waals surface area contributed by atoms with E-state index in [9.17, 15) is 9.59 Å². The van der Waals surface area contributed by atoms with Gasteiger partial charge in [0.2, 0.25) is 11.8 Å². The van der Waals surface area contributed by atoms with Crippen LogP contribution >= 0.6 is 0 Å². The summed E-state index contributed by atoms with van der Waals surface area (Å²) in [5.74, 6) is 1.76. The molecule has 1 saturated carbocycles. The number of likely N-dealkylation sites (tertiary alicyclic amines) is 1. The molecule has 9 nitrogen and oxygen atoms in total. The molecule has 9 heteroatoms. The van der Waals surface area contributed by atoms with Crippen molar-refractivity contribution in [2.24, 2.45) is 11.3 Å². The van der Waals surface area contributed by atoms with E-state index < -0.39 is 0 Å². The summed E-state index contributed by atoms with van der Waals surface area (Å²) < 4.78 is 5.59. The molecule has 0 radical (unpaired) electrons. The van der Waals surface area contributed by atoms with Crippen LogP contribution in [0.3, 0.4) is 0 Å². The van der Waals surface area contributed by atoms with Crippen LogP contribution in [-0.4, -0.2) is 63.8 Å². The van der Waals surface area contributed by atoms with Crippen LogP contribution < -0.4 is 10.1 Å². The van der Waals surface area contributed by atoms with Gasteiger partial charge in [-0.25, -0.2) is 9.97 Å². The number of hydrogen-bond acceptors (Lipinski definition) is 7. The van der Waals surface area contributed by atoms with Crippen LogP contribution in [0.5, 0.6) is 5.88 Å². The number of nitrogens with one attached hydrogen (secondary N) is 2. The fourth-order valence-electron chi connectivity index (χ4n) is 5.91. The molecule has 3 aromatic rings. The minimum atomic E-state index is -0.222. The summed E-state index contributed by atoms with van der Waals surface area (Å²) in [6.45, 7) is 4.03. The van der Waals surface area contributed by atoms with E-state index in [1.54, 1.807) is 25.7 Å². The maximum Gasteiger partial charge on any atom is 0.224 e. The number of carbonyl (C=O) groups excluding carboxylic acids is 2. The number of imidazole rings is 1. The first-order valence-electron chi connectivity index (χ1n) is 14.3. The molecule has 1 aliphatic carbocycles. The summed E-state index contributed by atoms with van der Waals surface area (Å²) >= 11 is 0. The van der Waals surface area contributed by atoms with Crippen molar-refractivity contribution < 1.29 is 14.3 Å². The zero-order valence-corrected chi connectivity index (χ0v) is 23.3. The molecule has 208 valence electrons. The van der Waals surface area contributed by atoms with Crippen LogP contribution in [0.25, 0.3) is 22.2 Å². The molecular formula is C30H40N6O3. The first-order chi connectivity index (χ1) is 18.9. The van der Waals surface area contributed by atoms with Crippen LogP contribution in [0, 0.1) is 11.3 Å². The van der Waals surface area contributed by atoms with Gasteiger partial charge in [-0.15, -0.1) is 0 Å². The Kier molecular flexibility index (Phi) is 8.26. The highest BCUT2D eigenvalue weighted by molar-refractivity contribution is 5.85. The number of aromatic amines is 1. The number of methoxy groups -OCH3 is 1. The molecule has 2 N–H and O–H groups in total. The van der Waals surface area contributed by atoms with Crippen LogP contribution in [-0.2, 0) is 9.59 Å². The number of Topliss-reactive ketones (excluding diaryl/α,β-unsaturated/α-hetero) is 1. The third kappa shape index (κ3) is 6.13. The predicted octanol–water partition coefficient (Wildman–Crippen LogP) is 4.85. The maximum absolute atomic E-state index is 13.4. The lowest BCUT2D eigenvalue weighted by atomic mass is 9.91. The lowest BCUT2D eigenvalue weighted by Gasteiger charge is -2.30. The third-order valence-corrected chi connectivity index (χ3v) is 8.64. The van der Waals surface area contributed by atoms with Gasteiger partial charge in [-0.1, -0.05) is 19.8 Å². The lowest BCUT2D eigenvalue weighted by molar-refractivity contribution is -0.124. The topological polar surface area (TPSA) is 113 Å². The number of amides is 1. The summed E-state index contributed by atoms with van der Waals surface area (Å²) in [5.41, 5.74) is 2.54. The third-order valence-electron chi connectivity index (χ3n) is 8.64. The number of rotatable bonds is 12. The van der Waals surface area contributed by atoms with Crippen molar-refractivity contribution in [3.63, 3.8) is 0 Å². The van der Waals surface area contributed by atoms with Gasteiger partial charge in [0.05, 0.1) is 42.3 Å². The Morgan fingerprint density at radius 3 is 2.82 bits per heavy atom. The molecule has 39 heavy (non-hydrogen) atoms. The fraction of sp³-hybridized carbons (Fsp3) is 0.567. The molecule has 0 unspecified atom stereocenters. The summed E-state index contributed by atoms with van der Waals surface area (Å²) in [4.78, 5) is 44.4. The standard InChI is InChI=1S/C30H40N6O3/c1-4-21(37)8-6-5-7-9-24(34-28(38)23-17-30(23)11-14-36(2)15-12-30)27-32-19-26(33-27)22-16-20-10-13-31-18-25(20)35-29(22)39-3/h10,13,16,18-19,23-24H,4-9,11-12,14-15,17H2,1-3H3,(H,32,33)(H,34,38)/t23-,24+/m1/s1. The van der Waals surface area contributed by atoms with Crippen LogP contribution in [0.15, 0.2) is 30.7 Å². The van der Waals surface area contributed by atoms with Crippen LogP contribution in [0.4, 0.5) is 0 Å². The van der Waals surface area contributed by atoms with Crippen molar-refractivity contribution in [1.82, 2.24) is 30.2 Å². The minimum absolute atomic E-state index is 0.0868. The van der Waals surface area contributed by atoms with E-state index in [4.69, 9.17) is 9.72 Å². The second-order valence-corrected chi connectivity index (χ2v) is 11.3. The van der Waals surface area contributed by atoms with E-state index in [0.717, 1.165) is 86.0 Å². The van der Waals surface area contributed by atoms with Crippen LogP contribution in [0.1, 0.15) is 76.6 Å².